The molecule has 33 heavy (non-hydrogen) atoms. The molecule has 8 heteroatoms. The third kappa shape index (κ3) is 3.87. The van der Waals surface area contributed by atoms with E-state index in [0.29, 0.717) is 29.5 Å². The summed E-state index contributed by atoms with van der Waals surface area (Å²) >= 11 is 0. The van der Waals surface area contributed by atoms with Gasteiger partial charge in [0.15, 0.2) is 11.4 Å². The topological polar surface area (TPSA) is 75.4 Å². The summed E-state index contributed by atoms with van der Waals surface area (Å²) in [5, 5.41) is 12.0. The fraction of sp³-hybridized carbons (Fsp3) is 0.200. The van der Waals surface area contributed by atoms with Crippen molar-refractivity contribution in [3.05, 3.63) is 77.1 Å². The monoisotopic (exact) mass is 452 g/mol. The maximum absolute atomic E-state index is 15.3. The van der Waals surface area contributed by atoms with Gasteiger partial charge in [-0.3, -0.25) is 4.79 Å². The Hall–Kier alpha value is -3.65. The first-order valence-electron chi connectivity index (χ1n) is 10.5. The maximum Gasteiger partial charge on any atom is 0.304 e. The molecule has 2 N–H and O–H groups in total. The van der Waals surface area contributed by atoms with Crippen molar-refractivity contribution >= 4 is 17.1 Å². The number of hydrogen-bond acceptors (Lipinski definition) is 4. The third-order valence-electron chi connectivity index (χ3n) is 5.91. The van der Waals surface area contributed by atoms with E-state index in [1.165, 1.54) is 30.3 Å². The van der Waals surface area contributed by atoms with Crippen molar-refractivity contribution in [2.75, 3.05) is 6.54 Å². The number of oxazole rings is 1. The van der Waals surface area contributed by atoms with Crippen LogP contribution < -0.4 is 5.32 Å². The first-order chi connectivity index (χ1) is 15.9. The second-order valence-corrected chi connectivity index (χ2v) is 7.99. The van der Waals surface area contributed by atoms with Crippen LogP contribution in [0.25, 0.3) is 33.7 Å². The molecule has 0 saturated carbocycles. The van der Waals surface area contributed by atoms with E-state index in [4.69, 9.17) is 9.52 Å². The van der Waals surface area contributed by atoms with Crippen LogP contribution in [-0.2, 0) is 11.2 Å². The van der Waals surface area contributed by atoms with Crippen LogP contribution in [0.4, 0.5) is 13.2 Å². The van der Waals surface area contributed by atoms with E-state index in [9.17, 15) is 9.18 Å². The Bertz CT molecular complexity index is 1380. The number of aliphatic carboxylic acids is 1. The molecular weight excluding hydrogens is 433 g/mol. The summed E-state index contributed by atoms with van der Waals surface area (Å²) in [6.07, 6.45) is 1.07. The first-order valence-corrected chi connectivity index (χ1v) is 10.5. The maximum atomic E-state index is 15.3. The van der Waals surface area contributed by atoms with Gasteiger partial charge in [0.25, 0.3) is 0 Å². The molecule has 5 nitrogen and oxygen atoms in total. The first kappa shape index (κ1) is 21.2. The second-order valence-electron chi connectivity index (χ2n) is 7.99. The summed E-state index contributed by atoms with van der Waals surface area (Å²) in [6, 6.07) is 11.7. The van der Waals surface area contributed by atoms with E-state index in [-0.39, 0.29) is 47.1 Å². The van der Waals surface area contributed by atoms with E-state index < -0.39 is 23.4 Å². The highest BCUT2D eigenvalue weighted by molar-refractivity contribution is 5.80. The van der Waals surface area contributed by atoms with Gasteiger partial charge in [-0.1, -0.05) is 24.3 Å². The normalized spacial score (nSPS) is 15.2. The summed E-state index contributed by atoms with van der Waals surface area (Å²) in [7, 11) is 0. The van der Waals surface area contributed by atoms with Gasteiger partial charge < -0.3 is 14.8 Å². The minimum absolute atomic E-state index is 0.0361. The molecule has 4 aromatic rings. The van der Waals surface area contributed by atoms with Gasteiger partial charge in [0, 0.05) is 18.2 Å². The zero-order valence-corrected chi connectivity index (χ0v) is 17.4. The van der Waals surface area contributed by atoms with Gasteiger partial charge in [0.1, 0.15) is 17.2 Å². The van der Waals surface area contributed by atoms with Gasteiger partial charge in [-0.15, -0.1) is 0 Å². The number of rotatable bonds is 6. The Morgan fingerprint density at radius 1 is 1.09 bits per heavy atom. The third-order valence-corrected chi connectivity index (χ3v) is 5.91. The van der Waals surface area contributed by atoms with Crippen LogP contribution in [-0.4, -0.2) is 22.6 Å². The summed E-state index contributed by atoms with van der Waals surface area (Å²) < 4.78 is 49.8. The number of carbonyl (C=O) groups is 1. The SMILES string of the molecule is O=C(O)CCN[C@@H]1CCc2c1cc1nc(-c3cccc(-c4cccc(F)c4)c3F)oc1c2F. The van der Waals surface area contributed by atoms with Crippen LogP contribution in [0.5, 0.6) is 0 Å². The number of carboxylic acid groups (broad SMARTS) is 1. The molecule has 1 aliphatic carbocycles. The van der Waals surface area contributed by atoms with E-state index in [0.717, 1.165) is 0 Å². The Kier molecular flexibility index (Phi) is 5.38. The lowest BCUT2D eigenvalue weighted by atomic mass is 10.0. The summed E-state index contributed by atoms with van der Waals surface area (Å²) in [5.41, 5.74) is 2.00. The average Bonchev–Trinajstić information content (AvgIpc) is 3.39. The van der Waals surface area contributed by atoms with Crippen molar-refractivity contribution in [3.8, 4) is 22.6 Å². The van der Waals surface area contributed by atoms with Crippen molar-refractivity contribution in [3.63, 3.8) is 0 Å². The average molecular weight is 452 g/mol. The number of aromatic nitrogens is 1. The van der Waals surface area contributed by atoms with Crippen LogP contribution in [0, 0.1) is 17.5 Å². The number of fused-ring (bicyclic) bond motifs is 2. The number of halogens is 3. The molecule has 0 saturated heterocycles. The lowest BCUT2D eigenvalue weighted by molar-refractivity contribution is -0.136. The fourth-order valence-corrected chi connectivity index (χ4v) is 4.35. The van der Waals surface area contributed by atoms with Crippen LogP contribution in [0.3, 0.4) is 0 Å². The molecule has 1 aliphatic rings. The Labute approximate surface area is 186 Å². The van der Waals surface area contributed by atoms with Gasteiger partial charge in [-0.25, -0.2) is 18.2 Å². The van der Waals surface area contributed by atoms with Crippen LogP contribution in [0.15, 0.2) is 52.9 Å². The molecule has 1 atom stereocenters. The molecule has 0 fully saturated rings. The lowest BCUT2D eigenvalue weighted by Gasteiger charge is -2.13. The number of nitrogens with one attached hydrogen (secondary N) is 1. The van der Waals surface area contributed by atoms with Gasteiger partial charge in [-0.05, 0) is 53.8 Å². The molecule has 0 unspecified atom stereocenters. The molecule has 3 aromatic carbocycles. The molecule has 1 aromatic heterocycles. The molecule has 0 bridgehead atoms. The molecule has 0 aliphatic heterocycles. The van der Waals surface area contributed by atoms with E-state index >= 15 is 8.78 Å². The number of nitrogens with zero attached hydrogens (tertiary/aromatic N) is 1. The van der Waals surface area contributed by atoms with Gasteiger partial charge in [0.05, 0.1) is 12.0 Å². The van der Waals surface area contributed by atoms with E-state index in [2.05, 4.69) is 10.3 Å². The highest BCUT2D eigenvalue weighted by Gasteiger charge is 2.29. The molecule has 168 valence electrons. The molecule has 0 spiro atoms. The van der Waals surface area contributed by atoms with Crippen molar-refractivity contribution in [1.29, 1.82) is 0 Å². The molecule has 1 heterocycles. The summed E-state index contributed by atoms with van der Waals surface area (Å²) in [6.45, 7) is 0.265. The van der Waals surface area contributed by atoms with E-state index in [1.807, 2.05) is 0 Å². The van der Waals surface area contributed by atoms with Crippen molar-refractivity contribution in [2.45, 2.75) is 25.3 Å². The van der Waals surface area contributed by atoms with Gasteiger partial charge in [-0.2, -0.15) is 0 Å². The molecule has 0 radical (unpaired) electrons. The Morgan fingerprint density at radius 3 is 2.67 bits per heavy atom. The van der Waals surface area contributed by atoms with Gasteiger partial charge >= 0.3 is 5.97 Å². The van der Waals surface area contributed by atoms with Crippen molar-refractivity contribution in [2.24, 2.45) is 0 Å². The Balaban J connectivity index is 1.53. The highest BCUT2D eigenvalue weighted by Crippen LogP contribution is 2.39. The minimum atomic E-state index is -0.911. The number of carboxylic acids is 1. The Morgan fingerprint density at radius 2 is 1.88 bits per heavy atom. The van der Waals surface area contributed by atoms with E-state index in [1.54, 1.807) is 18.2 Å². The smallest absolute Gasteiger partial charge is 0.304 e. The quantitative estimate of drug-likeness (QED) is 0.397. The van der Waals surface area contributed by atoms with Gasteiger partial charge in [0.2, 0.25) is 5.89 Å². The predicted molar refractivity (Wildman–Crippen MR) is 116 cm³/mol. The highest BCUT2D eigenvalue weighted by atomic mass is 19.1. The second kappa shape index (κ2) is 8.37. The zero-order chi connectivity index (χ0) is 23.1. The van der Waals surface area contributed by atoms with Crippen LogP contribution >= 0.6 is 0 Å². The molecule has 0 amide bonds. The summed E-state index contributed by atoms with van der Waals surface area (Å²) in [4.78, 5) is 15.1. The lowest BCUT2D eigenvalue weighted by Crippen LogP contribution is -2.22. The number of hydrogen-bond donors (Lipinski definition) is 2. The van der Waals surface area contributed by atoms with Crippen LogP contribution in [0.2, 0.25) is 0 Å². The minimum Gasteiger partial charge on any atom is -0.481 e. The zero-order valence-electron chi connectivity index (χ0n) is 17.4. The van der Waals surface area contributed by atoms with Crippen molar-refractivity contribution < 1.29 is 27.5 Å². The summed E-state index contributed by atoms with van der Waals surface area (Å²) in [5.74, 6) is -2.65. The molecular formula is C25H19F3N2O3. The largest absolute Gasteiger partial charge is 0.481 e. The predicted octanol–water partition coefficient (Wildman–Crippen LogP) is 5.63. The molecule has 5 rings (SSSR count). The fourth-order valence-electron chi connectivity index (χ4n) is 4.35. The van der Waals surface area contributed by atoms with Crippen molar-refractivity contribution in [1.82, 2.24) is 10.3 Å². The standard InChI is InChI=1S/C25H19F3N2O3/c26-14-4-1-3-13(11-14)15-5-2-6-17(22(15)27)25-30-20-12-18-16(23(28)24(20)33-25)7-8-19(18)29-10-9-21(31)32/h1-6,11-12,19,29H,7-10H2,(H,31,32)/t19-/m1/s1. The number of benzene rings is 3. The van der Waals surface area contributed by atoms with Crippen LogP contribution in [0.1, 0.15) is 30.0 Å².